The van der Waals surface area contributed by atoms with E-state index in [0.29, 0.717) is 10.7 Å². The van der Waals surface area contributed by atoms with Gasteiger partial charge in [0.15, 0.2) is 5.84 Å². The maximum Gasteiger partial charge on any atom is 0.219 e. The van der Waals surface area contributed by atoms with Gasteiger partial charge in [0.1, 0.15) is 0 Å². The van der Waals surface area contributed by atoms with Gasteiger partial charge in [0.25, 0.3) is 0 Å². The van der Waals surface area contributed by atoms with Crippen LogP contribution in [0.4, 0.5) is 0 Å². The molecule has 9 heavy (non-hydrogen) atoms. The smallest absolute Gasteiger partial charge is 0.203 e. The molecule has 0 saturated heterocycles. The van der Waals surface area contributed by atoms with Crippen LogP contribution in [0.15, 0.2) is 10.1 Å². The Hall–Kier alpha value is -0.380. The minimum Gasteiger partial charge on any atom is -0.203 e. The Morgan fingerprint density at radius 1 is 1.44 bits per heavy atom. The van der Waals surface area contributed by atoms with Gasteiger partial charge in [-0.2, -0.15) is 0 Å². The van der Waals surface area contributed by atoms with Crippen LogP contribution >= 0.6 is 15.9 Å². The van der Waals surface area contributed by atoms with Crippen molar-refractivity contribution in [2.45, 2.75) is 13.8 Å². The maximum absolute atomic E-state index is 4.00. The fourth-order valence-electron chi connectivity index (χ4n) is 0.476. The van der Waals surface area contributed by atoms with Crippen molar-refractivity contribution in [2.75, 3.05) is 0 Å². The molecule has 1 radical (unpaired) electrons. The summed E-state index contributed by atoms with van der Waals surface area (Å²) in [4.78, 5) is 4.00. The van der Waals surface area contributed by atoms with Crippen molar-refractivity contribution in [1.82, 2.24) is 5.43 Å². The summed E-state index contributed by atoms with van der Waals surface area (Å²) in [5.41, 5.74) is 3.81. The van der Waals surface area contributed by atoms with Crippen LogP contribution in [0.1, 0.15) is 13.8 Å². The molecule has 0 atom stereocenters. The van der Waals surface area contributed by atoms with Gasteiger partial charge in [0, 0.05) is 5.92 Å². The van der Waals surface area contributed by atoms with Crippen LogP contribution in [0.2, 0.25) is 0 Å². The molecule has 0 aromatic carbocycles. The SMILES string of the molecule is CC(C)C1=NC(Br)=N[N]1. The highest BCUT2D eigenvalue weighted by molar-refractivity contribution is 9.18. The number of aliphatic imine (C=N–C) groups is 1. The molecular weight excluding hydrogens is 182 g/mol. The lowest BCUT2D eigenvalue weighted by atomic mass is 10.2. The van der Waals surface area contributed by atoms with Gasteiger partial charge in [-0.25, -0.2) is 4.99 Å². The number of nitrogens with zero attached hydrogens (tertiary/aromatic N) is 3. The quantitative estimate of drug-likeness (QED) is 0.558. The maximum atomic E-state index is 4.00. The fourth-order valence-corrected chi connectivity index (χ4v) is 0.737. The summed E-state index contributed by atoms with van der Waals surface area (Å²) in [5, 5.41) is 3.69. The first kappa shape index (κ1) is 6.74. The minimum atomic E-state index is 0.365. The molecule has 0 N–H and O–H groups in total. The van der Waals surface area contributed by atoms with Gasteiger partial charge >= 0.3 is 0 Å². The highest BCUT2D eigenvalue weighted by Gasteiger charge is 2.12. The van der Waals surface area contributed by atoms with E-state index in [1.165, 1.54) is 0 Å². The van der Waals surface area contributed by atoms with Crippen molar-refractivity contribution in [3.8, 4) is 0 Å². The number of rotatable bonds is 1. The van der Waals surface area contributed by atoms with Crippen molar-refractivity contribution in [3.05, 3.63) is 0 Å². The molecule has 1 rings (SSSR count). The second kappa shape index (κ2) is 2.47. The van der Waals surface area contributed by atoms with Crippen molar-refractivity contribution in [3.63, 3.8) is 0 Å². The van der Waals surface area contributed by atoms with E-state index >= 15 is 0 Å². The van der Waals surface area contributed by atoms with Crippen LogP contribution in [0.5, 0.6) is 0 Å². The van der Waals surface area contributed by atoms with Crippen LogP contribution in [-0.2, 0) is 0 Å². The second-order valence-corrected chi connectivity index (χ2v) is 2.80. The standard InChI is InChI=1S/C5H7BrN3/c1-3(2)4-7-5(6)9-8-4/h3H,1-2H3. The van der Waals surface area contributed by atoms with Gasteiger partial charge < -0.3 is 0 Å². The normalized spacial score (nSPS) is 17.3. The molecule has 3 nitrogen and oxygen atoms in total. The van der Waals surface area contributed by atoms with E-state index in [9.17, 15) is 0 Å². The van der Waals surface area contributed by atoms with Crippen molar-refractivity contribution >= 4 is 26.5 Å². The molecule has 0 aliphatic carbocycles. The first-order valence-electron chi connectivity index (χ1n) is 2.73. The van der Waals surface area contributed by atoms with Crippen LogP contribution in [0.3, 0.4) is 0 Å². The number of hydrogen-bond donors (Lipinski definition) is 0. The van der Waals surface area contributed by atoms with Gasteiger partial charge in [-0.1, -0.05) is 13.8 Å². The summed E-state index contributed by atoms with van der Waals surface area (Å²) in [6.45, 7) is 4.06. The summed E-state index contributed by atoms with van der Waals surface area (Å²) >= 11 is 3.12. The van der Waals surface area contributed by atoms with E-state index in [1.807, 2.05) is 13.8 Å². The zero-order valence-corrected chi connectivity index (χ0v) is 6.88. The summed E-state index contributed by atoms with van der Waals surface area (Å²) in [7, 11) is 0. The highest BCUT2D eigenvalue weighted by Crippen LogP contribution is 2.05. The molecule has 1 heterocycles. The lowest BCUT2D eigenvalue weighted by Gasteiger charge is -1.97. The first-order valence-corrected chi connectivity index (χ1v) is 3.52. The Labute approximate surface area is 62.4 Å². The van der Waals surface area contributed by atoms with Crippen LogP contribution in [0, 0.1) is 5.92 Å². The monoisotopic (exact) mass is 188 g/mol. The third-order valence-electron chi connectivity index (χ3n) is 0.958. The van der Waals surface area contributed by atoms with Crippen LogP contribution < -0.4 is 5.43 Å². The lowest BCUT2D eigenvalue weighted by molar-refractivity contribution is 0.825. The molecule has 0 amide bonds. The number of halogens is 1. The molecule has 0 aromatic heterocycles. The average molecular weight is 189 g/mol. The molecule has 1 aliphatic heterocycles. The second-order valence-electron chi connectivity index (χ2n) is 2.09. The molecule has 49 valence electrons. The lowest BCUT2D eigenvalue weighted by Crippen LogP contribution is -2.13. The zero-order valence-electron chi connectivity index (χ0n) is 5.30. The van der Waals surface area contributed by atoms with Crippen molar-refractivity contribution in [2.24, 2.45) is 16.0 Å². The molecule has 4 heteroatoms. The van der Waals surface area contributed by atoms with E-state index in [4.69, 9.17) is 0 Å². The highest BCUT2D eigenvalue weighted by atomic mass is 79.9. The van der Waals surface area contributed by atoms with E-state index < -0.39 is 0 Å². The Balaban J connectivity index is 2.60. The van der Waals surface area contributed by atoms with Crippen LogP contribution in [-0.4, -0.2) is 10.6 Å². The van der Waals surface area contributed by atoms with Gasteiger partial charge in [0.05, 0.1) is 0 Å². The average Bonchev–Trinajstić information content (AvgIpc) is 2.14. The number of amidine groups is 2. The summed E-state index contributed by atoms with van der Waals surface area (Å²) in [6, 6.07) is 0. The molecule has 0 bridgehead atoms. The Bertz CT molecular complexity index is 171. The first-order chi connectivity index (χ1) is 4.20. The fraction of sp³-hybridized carbons (Fsp3) is 0.600. The minimum absolute atomic E-state index is 0.365. The molecule has 0 aromatic rings. The van der Waals surface area contributed by atoms with Gasteiger partial charge in [-0.05, 0) is 15.9 Å². The van der Waals surface area contributed by atoms with Crippen molar-refractivity contribution in [1.29, 1.82) is 0 Å². The third kappa shape index (κ3) is 1.51. The molecule has 1 aliphatic rings. The van der Waals surface area contributed by atoms with E-state index in [0.717, 1.165) is 5.84 Å². The van der Waals surface area contributed by atoms with E-state index in [2.05, 4.69) is 31.4 Å². The summed E-state index contributed by atoms with van der Waals surface area (Å²) in [5.74, 6) is 1.16. The van der Waals surface area contributed by atoms with E-state index in [1.54, 1.807) is 0 Å². The molecule has 0 unspecified atom stereocenters. The number of hydrogen-bond acceptors (Lipinski definition) is 2. The predicted octanol–water partition coefficient (Wildman–Crippen LogP) is 1.32. The van der Waals surface area contributed by atoms with Gasteiger partial charge in [-0.3, -0.25) is 0 Å². The van der Waals surface area contributed by atoms with E-state index in [-0.39, 0.29) is 0 Å². The Morgan fingerprint density at radius 2 is 2.11 bits per heavy atom. The molecular formula is C5H7BrN3. The Kier molecular flexibility index (Phi) is 1.85. The zero-order chi connectivity index (χ0) is 6.85. The van der Waals surface area contributed by atoms with Gasteiger partial charge in [0.2, 0.25) is 4.74 Å². The topological polar surface area (TPSA) is 38.8 Å². The molecule has 0 saturated carbocycles. The van der Waals surface area contributed by atoms with Crippen molar-refractivity contribution < 1.29 is 0 Å². The summed E-state index contributed by atoms with van der Waals surface area (Å²) in [6.07, 6.45) is 0. The predicted molar refractivity (Wildman–Crippen MR) is 40.8 cm³/mol. The largest absolute Gasteiger partial charge is 0.219 e. The third-order valence-corrected chi connectivity index (χ3v) is 1.29. The summed E-state index contributed by atoms with van der Waals surface area (Å²) < 4.78 is 0.575. The molecule has 0 spiro atoms. The Morgan fingerprint density at radius 3 is 2.33 bits per heavy atom. The van der Waals surface area contributed by atoms with Crippen LogP contribution in [0.25, 0.3) is 0 Å². The molecule has 0 fully saturated rings. The van der Waals surface area contributed by atoms with Gasteiger partial charge in [-0.15, -0.1) is 10.5 Å².